The molecule has 2 aliphatic rings. The molecule has 0 bridgehead atoms. The zero-order valence-corrected chi connectivity index (χ0v) is 10.8. The van der Waals surface area contributed by atoms with Gasteiger partial charge < -0.3 is 14.6 Å². The van der Waals surface area contributed by atoms with E-state index in [1.165, 1.54) is 12.8 Å². The number of benzene rings is 1. The minimum atomic E-state index is -0.424. The molecular weight excluding hydrogens is 228 g/mol. The van der Waals surface area contributed by atoms with Gasteiger partial charge in [-0.15, -0.1) is 0 Å². The highest BCUT2D eigenvalue weighted by molar-refractivity contribution is 5.43. The maximum atomic E-state index is 10.3. The van der Waals surface area contributed by atoms with Crippen molar-refractivity contribution >= 4 is 0 Å². The zero-order chi connectivity index (χ0) is 12.6. The van der Waals surface area contributed by atoms with Crippen LogP contribution in [0.5, 0.6) is 11.5 Å². The fourth-order valence-corrected chi connectivity index (χ4v) is 3.20. The van der Waals surface area contributed by atoms with Gasteiger partial charge in [0.05, 0.1) is 12.7 Å². The van der Waals surface area contributed by atoms with E-state index in [9.17, 15) is 5.11 Å². The number of aliphatic hydroxyl groups is 1. The Labute approximate surface area is 108 Å². The normalized spacial score (nSPS) is 24.7. The predicted molar refractivity (Wildman–Crippen MR) is 69.0 cm³/mol. The summed E-state index contributed by atoms with van der Waals surface area (Å²) in [6, 6.07) is 5.76. The molecule has 0 radical (unpaired) electrons. The van der Waals surface area contributed by atoms with E-state index in [1.807, 2.05) is 25.1 Å². The molecular formula is C15H20O3. The quantitative estimate of drug-likeness (QED) is 0.873. The fraction of sp³-hybridized carbons (Fsp3) is 0.600. The highest BCUT2D eigenvalue weighted by Crippen LogP contribution is 2.47. The number of rotatable bonds is 2. The van der Waals surface area contributed by atoms with Gasteiger partial charge in [0.25, 0.3) is 0 Å². The molecule has 3 heteroatoms. The minimum Gasteiger partial charge on any atom is -0.494 e. The highest BCUT2D eigenvalue weighted by Gasteiger charge is 2.42. The van der Waals surface area contributed by atoms with Crippen LogP contribution in [0, 0.1) is 0 Å². The van der Waals surface area contributed by atoms with E-state index in [1.54, 1.807) is 0 Å². The lowest BCUT2D eigenvalue weighted by atomic mass is 9.87. The van der Waals surface area contributed by atoms with Gasteiger partial charge in [-0.2, -0.15) is 0 Å². The number of ether oxygens (including phenoxy) is 2. The topological polar surface area (TPSA) is 38.7 Å². The van der Waals surface area contributed by atoms with Gasteiger partial charge in [0.2, 0.25) is 0 Å². The van der Waals surface area contributed by atoms with Crippen molar-refractivity contribution in [2.24, 2.45) is 0 Å². The Morgan fingerprint density at radius 2 is 2.17 bits per heavy atom. The van der Waals surface area contributed by atoms with E-state index in [0.29, 0.717) is 6.61 Å². The molecule has 0 amide bonds. The zero-order valence-electron chi connectivity index (χ0n) is 10.8. The van der Waals surface area contributed by atoms with Gasteiger partial charge in [-0.05, 0) is 50.8 Å². The summed E-state index contributed by atoms with van der Waals surface area (Å²) in [5.41, 5.74) is 0.762. The lowest BCUT2D eigenvalue weighted by Crippen LogP contribution is -2.38. The molecule has 1 saturated carbocycles. The standard InChI is InChI=1S/C15H20O3/c1-2-17-11-5-6-14-12(9-11)13(16)10-15(18-14)7-3-4-8-15/h5-6,9,13,16H,2-4,7-8,10H2,1H3/t13-/m1/s1. The van der Waals surface area contributed by atoms with Crippen LogP contribution in [-0.4, -0.2) is 17.3 Å². The minimum absolute atomic E-state index is 0.112. The van der Waals surface area contributed by atoms with Gasteiger partial charge in [-0.25, -0.2) is 0 Å². The van der Waals surface area contributed by atoms with Crippen molar-refractivity contribution in [1.82, 2.24) is 0 Å². The van der Waals surface area contributed by atoms with Crippen molar-refractivity contribution in [3.63, 3.8) is 0 Å². The number of aliphatic hydroxyl groups excluding tert-OH is 1. The van der Waals surface area contributed by atoms with Crippen LogP contribution in [-0.2, 0) is 0 Å². The summed E-state index contributed by atoms with van der Waals surface area (Å²) in [7, 11) is 0. The van der Waals surface area contributed by atoms with Crippen molar-refractivity contribution in [3.8, 4) is 11.5 Å². The van der Waals surface area contributed by atoms with Gasteiger partial charge in [0.1, 0.15) is 17.1 Å². The number of hydrogen-bond donors (Lipinski definition) is 1. The van der Waals surface area contributed by atoms with Gasteiger partial charge in [0, 0.05) is 12.0 Å². The van der Waals surface area contributed by atoms with E-state index in [4.69, 9.17) is 9.47 Å². The molecule has 3 rings (SSSR count). The monoisotopic (exact) mass is 248 g/mol. The van der Waals surface area contributed by atoms with Gasteiger partial charge in [0.15, 0.2) is 0 Å². The Hall–Kier alpha value is -1.22. The van der Waals surface area contributed by atoms with E-state index in [2.05, 4.69) is 0 Å². The summed E-state index contributed by atoms with van der Waals surface area (Å²) in [6.45, 7) is 2.60. The van der Waals surface area contributed by atoms with Gasteiger partial charge in [-0.1, -0.05) is 0 Å². The van der Waals surface area contributed by atoms with Crippen molar-refractivity contribution in [2.75, 3.05) is 6.61 Å². The summed E-state index contributed by atoms with van der Waals surface area (Å²) in [6.07, 6.45) is 4.84. The van der Waals surface area contributed by atoms with Crippen LogP contribution >= 0.6 is 0 Å². The lowest BCUT2D eigenvalue weighted by molar-refractivity contribution is -0.00956. The van der Waals surface area contributed by atoms with E-state index >= 15 is 0 Å². The van der Waals surface area contributed by atoms with Crippen molar-refractivity contribution in [3.05, 3.63) is 23.8 Å². The van der Waals surface area contributed by atoms with Crippen LogP contribution in [0.25, 0.3) is 0 Å². The van der Waals surface area contributed by atoms with Crippen LogP contribution in [0.2, 0.25) is 0 Å². The maximum absolute atomic E-state index is 10.3. The van der Waals surface area contributed by atoms with E-state index < -0.39 is 6.10 Å². The third kappa shape index (κ3) is 1.97. The third-order valence-corrected chi connectivity index (χ3v) is 4.06. The molecule has 18 heavy (non-hydrogen) atoms. The molecule has 3 nitrogen and oxygen atoms in total. The summed E-state index contributed by atoms with van der Waals surface area (Å²) in [5.74, 6) is 1.64. The second-order valence-corrected chi connectivity index (χ2v) is 5.34. The molecule has 1 fully saturated rings. The second-order valence-electron chi connectivity index (χ2n) is 5.34. The molecule has 1 N–H and O–H groups in total. The van der Waals surface area contributed by atoms with Crippen LogP contribution in [0.3, 0.4) is 0 Å². The summed E-state index contributed by atoms with van der Waals surface area (Å²) in [5, 5.41) is 10.3. The fourth-order valence-electron chi connectivity index (χ4n) is 3.20. The smallest absolute Gasteiger partial charge is 0.126 e. The summed E-state index contributed by atoms with van der Waals surface area (Å²) < 4.78 is 11.6. The average molecular weight is 248 g/mol. The Balaban J connectivity index is 1.90. The molecule has 0 saturated heterocycles. The van der Waals surface area contributed by atoms with Crippen molar-refractivity contribution in [2.45, 2.75) is 50.7 Å². The van der Waals surface area contributed by atoms with Gasteiger partial charge in [-0.3, -0.25) is 0 Å². The number of fused-ring (bicyclic) bond motifs is 1. The first-order valence-corrected chi connectivity index (χ1v) is 6.86. The molecule has 1 aliphatic carbocycles. The summed E-state index contributed by atoms with van der Waals surface area (Å²) in [4.78, 5) is 0. The molecule has 1 aromatic carbocycles. The second kappa shape index (κ2) is 4.47. The third-order valence-electron chi connectivity index (χ3n) is 4.06. The first-order chi connectivity index (χ1) is 8.72. The first-order valence-electron chi connectivity index (χ1n) is 6.86. The Bertz CT molecular complexity index is 435. The first kappa shape index (κ1) is 11.8. The van der Waals surface area contributed by atoms with Crippen molar-refractivity contribution in [1.29, 1.82) is 0 Å². The Morgan fingerprint density at radius 1 is 1.39 bits per heavy atom. The molecule has 1 aromatic rings. The lowest BCUT2D eigenvalue weighted by Gasteiger charge is -2.38. The van der Waals surface area contributed by atoms with Crippen LogP contribution < -0.4 is 9.47 Å². The van der Waals surface area contributed by atoms with Crippen LogP contribution in [0.15, 0.2) is 18.2 Å². The molecule has 1 spiro atoms. The molecule has 0 unspecified atom stereocenters. The molecule has 1 atom stereocenters. The molecule has 98 valence electrons. The molecule has 1 heterocycles. The molecule has 1 aliphatic heterocycles. The van der Waals surface area contributed by atoms with E-state index in [-0.39, 0.29) is 5.60 Å². The highest BCUT2D eigenvalue weighted by atomic mass is 16.5. The Kier molecular flexibility index (Phi) is 2.94. The van der Waals surface area contributed by atoms with E-state index in [0.717, 1.165) is 36.3 Å². The summed E-state index contributed by atoms with van der Waals surface area (Å²) >= 11 is 0. The number of hydrogen-bond acceptors (Lipinski definition) is 3. The predicted octanol–water partition coefficient (Wildman–Crippen LogP) is 3.21. The maximum Gasteiger partial charge on any atom is 0.126 e. The average Bonchev–Trinajstić information content (AvgIpc) is 2.78. The Morgan fingerprint density at radius 3 is 2.89 bits per heavy atom. The van der Waals surface area contributed by atoms with Crippen LogP contribution in [0.1, 0.15) is 50.7 Å². The SMILES string of the molecule is CCOc1ccc2c(c1)[C@H](O)CC1(CCCC1)O2. The van der Waals surface area contributed by atoms with Crippen LogP contribution in [0.4, 0.5) is 0 Å². The van der Waals surface area contributed by atoms with Crippen molar-refractivity contribution < 1.29 is 14.6 Å². The molecule has 0 aromatic heterocycles. The van der Waals surface area contributed by atoms with Gasteiger partial charge >= 0.3 is 0 Å². The largest absolute Gasteiger partial charge is 0.494 e.